The number of anilines is 2. The van der Waals surface area contributed by atoms with Gasteiger partial charge in [-0.2, -0.15) is 28.1 Å². The van der Waals surface area contributed by atoms with E-state index < -0.39 is 11.7 Å². The Kier molecular flexibility index (Phi) is 7.56. The number of halogens is 3. The van der Waals surface area contributed by atoms with E-state index in [9.17, 15) is 18.0 Å². The van der Waals surface area contributed by atoms with Gasteiger partial charge in [-0.1, -0.05) is 18.2 Å². The molecule has 0 bridgehead atoms. The molecule has 2 heterocycles. The van der Waals surface area contributed by atoms with E-state index >= 15 is 0 Å². The molecule has 0 unspecified atom stereocenters. The summed E-state index contributed by atoms with van der Waals surface area (Å²) in [5, 5.41) is 5.63. The number of piperidine rings is 1. The van der Waals surface area contributed by atoms with Crippen molar-refractivity contribution in [3.8, 4) is 17.1 Å². The largest absolute Gasteiger partial charge is 0.497 e. The number of benzene rings is 2. The minimum Gasteiger partial charge on any atom is -0.497 e. The highest BCUT2D eigenvalue weighted by atomic mass is 19.4. The highest BCUT2D eigenvalue weighted by Crippen LogP contribution is 2.32. The SMILES string of the molecule is CNc1nc(-c2ccc(OC)cc2)nc(N2CCC(C(=O)NCc3ccccc3C(F)(F)F)CC2)n1. The van der Waals surface area contributed by atoms with Crippen molar-refractivity contribution >= 4 is 17.8 Å². The molecule has 3 aromatic rings. The van der Waals surface area contributed by atoms with Gasteiger partial charge in [-0.25, -0.2) is 0 Å². The van der Waals surface area contributed by atoms with Crippen LogP contribution in [0.2, 0.25) is 0 Å². The van der Waals surface area contributed by atoms with Crippen LogP contribution < -0.4 is 20.3 Å². The molecule has 1 fully saturated rings. The van der Waals surface area contributed by atoms with Crippen LogP contribution in [0.1, 0.15) is 24.0 Å². The van der Waals surface area contributed by atoms with E-state index in [0.29, 0.717) is 43.7 Å². The maximum atomic E-state index is 13.2. The van der Waals surface area contributed by atoms with E-state index in [-0.39, 0.29) is 23.9 Å². The van der Waals surface area contributed by atoms with Crippen LogP contribution >= 0.6 is 0 Å². The van der Waals surface area contributed by atoms with Crippen molar-refractivity contribution in [2.24, 2.45) is 5.92 Å². The van der Waals surface area contributed by atoms with Crippen LogP contribution in [0.4, 0.5) is 25.1 Å². The smallest absolute Gasteiger partial charge is 0.416 e. The van der Waals surface area contributed by atoms with E-state index in [1.807, 2.05) is 29.2 Å². The minimum absolute atomic E-state index is 0.0478. The van der Waals surface area contributed by atoms with Crippen molar-refractivity contribution < 1.29 is 22.7 Å². The molecule has 0 spiro atoms. The fraction of sp³-hybridized carbons (Fsp3) is 0.360. The molecule has 4 rings (SSSR count). The Balaban J connectivity index is 1.40. The maximum absolute atomic E-state index is 13.2. The zero-order valence-electron chi connectivity index (χ0n) is 20.0. The number of amides is 1. The van der Waals surface area contributed by atoms with Crippen molar-refractivity contribution in [3.05, 3.63) is 59.7 Å². The third-order valence-electron chi connectivity index (χ3n) is 6.12. The topological polar surface area (TPSA) is 92.3 Å². The maximum Gasteiger partial charge on any atom is 0.416 e. The molecular weight excluding hydrogens is 473 g/mol. The van der Waals surface area contributed by atoms with Crippen molar-refractivity contribution in [2.45, 2.75) is 25.6 Å². The van der Waals surface area contributed by atoms with E-state index in [2.05, 4.69) is 25.6 Å². The lowest BCUT2D eigenvalue weighted by molar-refractivity contribution is -0.138. The lowest BCUT2D eigenvalue weighted by atomic mass is 9.96. The molecule has 1 aliphatic rings. The number of carbonyl (C=O) groups is 1. The van der Waals surface area contributed by atoms with Crippen LogP contribution in [0.5, 0.6) is 5.75 Å². The fourth-order valence-corrected chi connectivity index (χ4v) is 4.11. The monoisotopic (exact) mass is 500 g/mol. The molecule has 0 atom stereocenters. The third kappa shape index (κ3) is 5.84. The normalized spacial score (nSPS) is 14.4. The molecule has 0 aliphatic carbocycles. The zero-order chi connectivity index (χ0) is 25.7. The number of hydrogen-bond donors (Lipinski definition) is 2. The second kappa shape index (κ2) is 10.8. The number of alkyl halides is 3. The van der Waals surface area contributed by atoms with Gasteiger partial charge in [-0.3, -0.25) is 4.79 Å². The second-order valence-electron chi connectivity index (χ2n) is 8.40. The van der Waals surface area contributed by atoms with Crippen LogP contribution in [0.15, 0.2) is 48.5 Å². The molecule has 1 saturated heterocycles. The van der Waals surface area contributed by atoms with Crippen molar-refractivity contribution in [2.75, 3.05) is 37.5 Å². The van der Waals surface area contributed by atoms with Crippen molar-refractivity contribution in [1.29, 1.82) is 0 Å². The van der Waals surface area contributed by atoms with Crippen LogP contribution in [0.3, 0.4) is 0 Å². The Morgan fingerprint density at radius 3 is 2.39 bits per heavy atom. The summed E-state index contributed by atoms with van der Waals surface area (Å²) >= 11 is 0. The fourth-order valence-electron chi connectivity index (χ4n) is 4.11. The molecule has 0 saturated carbocycles. The number of methoxy groups -OCH3 is 1. The molecule has 0 radical (unpaired) electrons. The average Bonchev–Trinajstić information content (AvgIpc) is 2.91. The molecule has 1 aromatic heterocycles. The van der Waals surface area contributed by atoms with E-state index in [1.165, 1.54) is 18.2 Å². The van der Waals surface area contributed by atoms with E-state index in [1.54, 1.807) is 14.2 Å². The number of nitrogens with zero attached hydrogens (tertiary/aromatic N) is 4. The Hall–Kier alpha value is -3.89. The molecule has 36 heavy (non-hydrogen) atoms. The first-order valence-electron chi connectivity index (χ1n) is 11.5. The van der Waals surface area contributed by atoms with Gasteiger partial charge < -0.3 is 20.3 Å². The Labute approximate surface area is 206 Å². The van der Waals surface area contributed by atoms with Gasteiger partial charge in [0.2, 0.25) is 17.8 Å². The van der Waals surface area contributed by atoms with Gasteiger partial charge in [0.25, 0.3) is 0 Å². The van der Waals surface area contributed by atoms with Crippen LogP contribution in [0.25, 0.3) is 11.4 Å². The van der Waals surface area contributed by atoms with Gasteiger partial charge >= 0.3 is 6.18 Å². The lowest BCUT2D eigenvalue weighted by Gasteiger charge is -2.31. The molecule has 2 N–H and O–H groups in total. The molecule has 2 aromatic carbocycles. The van der Waals surface area contributed by atoms with Gasteiger partial charge in [-0.15, -0.1) is 0 Å². The number of rotatable bonds is 7. The summed E-state index contributed by atoms with van der Waals surface area (Å²) in [6.45, 7) is 0.901. The molecule has 190 valence electrons. The lowest BCUT2D eigenvalue weighted by Crippen LogP contribution is -2.41. The van der Waals surface area contributed by atoms with Gasteiger partial charge in [0, 0.05) is 38.2 Å². The number of ether oxygens (including phenoxy) is 1. The standard InChI is InChI=1S/C25H27F3N6O2/c1-29-23-31-21(16-7-9-19(36-2)10-8-16)32-24(33-23)34-13-11-17(12-14-34)22(35)30-15-18-5-3-4-6-20(18)25(26,27)28/h3-10,17H,11-15H2,1-2H3,(H,30,35)(H,29,31,32,33). The number of nitrogens with one attached hydrogen (secondary N) is 2. The predicted octanol–water partition coefficient (Wildman–Crippen LogP) is 4.14. The van der Waals surface area contributed by atoms with Gasteiger partial charge in [0.05, 0.1) is 12.7 Å². The summed E-state index contributed by atoms with van der Waals surface area (Å²) < 4.78 is 44.8. The Morgan fingerprint density at radius 2 is 1.75 bits per heavy atom. The molecular formula is C25H27F3N6O2. The molecule has 11 heteroatoms. The summed E-state index contributed by atoms with van der Waals surface area (Å²) in [5.41, 5.74) is 0.124. The highest BCUT2D eigenvalue weighted by molar-refractivity contribution is 5.79. The second-order valence-corrected chi connectivity index (χ2v) is 8.40. The summed E-state index contributed by atoms with van der Waals surface area (Å²) in [4.78, 5) is 28.2. The molecule has 8 nitrogen and oxygen atoms in total. The Morgan fingerprint density at radius 1 is 1.06 bits per heavy atom. The highest BCUT2D eigenvalue weighted by Gasteiger charge is 2.33. The average molecular weight is 501 g/mol. The van der Waals surface area contributed by atoms with Gasteiger partial charge in [0.15, 0.2) is 5.82 Å². The van der Waals surface area contributed by atoms with Gasteiger partial charge in [-0.05, 0) is 48.7 Å². The van der Waals surface area contributed by atoms with Crippen LogP contribution in [-0.4, -0.2) is 48.1 Å². The summed E-state index contributed by atoms with van der Waals surface area (Å²) in [6, 6.07) is 12.7. The Bertz CT molecular complexity index is 1200. The van der Waals surface area contributed by atoms with Crippen molar-refractivity contribution in [3.63, 3.8) is 0 Å². The summed E-state index contributed by atoms with van der Waals surface area (Å²) in [6.07, 6.45) is -3.40. The van der Waals surface area contributed by atoms with Crippen LogP contribution in [0, 0.1) is 5.92 Å². The number of carbonyl (C=O) groups excluding carboxylic acids is 1. The summed E-state index contributed by atoms with van der Waals surface area (Å²) in [7, 11) is 3.32. The first-order valence-corrected chi connectivity index (χ1v) is 11.5. The van der Waals surface area contributed by atoms with E-state index in [0.717, 1.165) is 17.4 Å². The summed E-state index contributed by atoms with van der Waals surface area (Å²) in [5.74, 6) is 1.61. The minimum atomic E-state index is -4.46. The molecule has 1 aliphatic heterocycles. The third-order valence-corrected chi connectivity index (χ3v) is 6.12. The van der Waals surface area contributed by atoms with E-state index in [4.69, 9.17) is 4.74 Å². The van der Waals surface area contributed by atoms with Crippen LogP contribution in [-0.2, 0) is 17.5 Å². The number of aromatic nitrogens is 3. The first kappa shape index (κ1) is 25.2. The quantitative estimate of drug-likeness (QED) is 0.504. The van der Waals surface area contributed by atoms with Crippen molar-refractivity contribution in [1.82, 2.24) is 20.3 Å². The molecule has 1 amide bonds. The zero-order valence-corrected chi connectivity index (χ0v) is 20.0. The number of hydrogen-bond acceptors (Lipinski definition) is 7. The van der Waals surface area contributed by atoms with Gasteiger partial charge in [0.1, 0.15) is 5.75 Å². The predicted molar refractivity (Wildman–Crippen MR) is 130 cm³/mol. The first-order chi connectivity index (χ1) is 17.3.